The van der Waals surface area contributed by atoms with E-state index in [4.69, 9.17) is 4.74 Å². The van der Waals surface area contributed by atoms with E-state index < -0.39 is 11.2 Å². The predicted molar refractivity (Wildman–Crippen MR) is 74.1 cm³/mol. The zero-order valence-corrected chi connectivity index (χ0v) is 11.7. The smallest absolute Gasteiger partial charge is 0.194 e. The third-order valence-electron chi connectivity index (χ3n) is 3.20. The molecule has 0 spiro atoms. The first kappa shape index (κ1) is 13.6. The Kier molecular flexibility index (Phi) is 3.14. The van der Waals surface area contributed by atoms with Gasteiger partial charge in [-0.3, -0.25) is 4.79 Å². The zero-order chi connectivity index (χ0) is 14.3. The van der Waals surface area contributed by atoms with Gasteiger partial charge in [-0.05, 0) is 52.0 Å². The molecule has 1 aromatic carbocycles. The Balaban J connectivity index is 2.23. The molecular formula is C15H19NO3. The molecule has 0 amide bonds. The fourth-order valence-electron chi connectivity index (χ4n) is 2.29. The van der Waals surface area contributed by atoms with Crippen molar-refractivity contribution in [3.05, 3.63) is 36.0 Å². The van der Waals surface area contributed by atoms with Crippen molar-refractivity contribution in [2.24, 2.45) is 0 Å². The topological polar surface area (TPSA) is 58.6 Å². The molecule has 1 heterocycles. The van der Waals surface area contributed by atoms with Gasteiger partial charge in [0.1, 0.15) is 11.4 Å². The third kappa shape index (κ3) is 2.63. The standard InChI is InChI=1S/C15H19NO3/c1-14(2)12(13(18)15(3,4)19-14)9-16-10-5-7-11(17)8-6-10/h5-9,16-17H,1-4H3/b12-9+. The van der Waals surface area contributed by atoms with Crippen molar-refractivity contribution in [2.45, 2.75) is 38.9 Å². The highest BCUT2D eigenvalue weighted by molar-refractivity contribution is 6.05. The Hall–Kier alpha value is -1.81. The second-order valence-corrected chi connectivity index (χ2v) is 5.70. The van der Waals surface area contributed by atoms with Crippen molar-refractivity contribution in [3.8, 4) is 5.75 Å². The highest BCUT2D eigenvalue weighted by Crippen LogP contribution is 2.38. The van der Waals surface area contributed by atoms with Crippen molar-refractivity contribution in [2.75, 3.05) is 5.32 Å². The van der Waals surface area contributed by atoms with Crippen LogP contribution in [0.1, 0.15) is 27.7 Å². The summed E-state index contributed by atoms with van der Waals surface area (Å²) in [7, 11) is 0. The van der Waals surface area contributed by atoms with Crippen LogP contribution < -0.4 is 5.32 Å². The molecule has 0 bridgehead atoms. The largest absolute Gasteiger partial charge is 0.508 e. The quantitative estimate of drug-likeness (QED) is 0.635. The number of aromatic hydroxyl groups is 1. The molecule has 1 aromatic rings. The lowest BCUT2D eigenvalue weighted by atomic mass is 9.93. The van der Waals surface area contributed by atoms with Crippen LogP contribution in [0.3, 0.4) is 0 Å². The molecule has 0 saturated carbocycles. The Morgan fingerprint density at radius 1 is 1.11 bits per heavy atom. The minimum absolute atomic E-state index is 0.0104. The molecule has 0 aliphatic carbocycles. The van der Waals surface area contributed by atoms with Gasteiger partial charge in [0.2, 0.25) is 0 Å². The van der Waals surface area contributed by atoms with E-state index >= 15 is 0 Å². The summed E-state index contributed by atoms with van der Waals surface area (Å²) in [4.78, 5) is 12.2. The third-order valence-corrected chi connectivity index (χ3v) is 3.20. The first-order valence-electron chi connectivity index (χ1n) is 6.23. The maximum Gasteiger partial charge on any atom is 0.194 e. The fraction of sp³-hybridized carbons (Fsp3) is 0.400. The zero-order valence-electron chi connectivity index (χ0n) is 11.7. The molecule has 19 heavy (non-hydrogen) atoms. The summed E-state index contributed by atoms with van der Waals surface area (Å²) < 4.78 is 5.77. The molecule has 0 atom stereocenters. The van der Waals surface area contributed by atoms with Crippen LogP contribution >= 0.6 is 0 Å². The van der Waals surface area contributed by atoms with E-state index in [1.54, 1.807) is 44.3 Å². The molecule has 1 fully saturated rings. The van der Waals surface area contributed by atoms with E-state index in [1.807, 2.05) is 13.8 Å². The highest BCUT2D eigenvalue weighted by Gasteiger charge is 2.49. The molecule has 1 aliphatic heterocycles. The summed E-state index contributed by atoms with van der Waals surface area (Å²) >= 11 is 0. The van der Waals surface area contributed by atoms with Crippen LogP contribution in [0.25, 0.3) is 0 Å². The molecule has 1 aliphatic rings. The molecule has 0 radical (unpaired) electrons. The van der Waals surface area contributed by atoms with Gasteiger partial charge >= 0.3 is 0 Å². The second kappa shape index (κ2) is 4.38. The van der Waals surface area contributed by atoms with Crippen molar-refractivity contribution in [1.82, 2.24) is 0 Å². The highest BCUT2D eigenvalue weighted by atomic mass is 16.5. The van der Waals surface area contributed by atoms with Gasteiger partial charge in [-0.2, -0.15) is 0 Å². The van der Waals surface area contributed by atoms with Gasteiger partial charge < -0.3 is 15.2 Å². The number of rotatable bonds is 2. The Bertz CT molecular complexity index is 527. The van der Waals surface area contributed by atoms with Crippen molar-refractivity contribution in [1.29, 1.82) is 0 Å². The lowest BCUT2D eigenvalue weighted by Gasteiger charge is -2.22. The van der Waals surface area contributed by atoms with Crippen LogP contribution in [0, 0.1) is 0 Å². The van der Waals surface area contributed by atoms with Gasteiger partial charge in [-0.25, -0.2) is 0 Å². The summed E-state index contributed by atoms with van der Waals surface area (Å²) in [5.41, 5.74) is 0.0281. The lowest BCUT2D eigenvalue weighted by Crippen LogP contribution is -2.29. The van der Waals surface area contributed by atoms with Crippen LogP contribution in [0.5, 0.6) is 5.75 Å². The Morgan fingerprint density at radius 3 is 2.16 bits per heavy atom. The molecular weight excluding hydrogens is 242 g/mol. The minimum Gasteiger partial charge on any atom is -0.508 e. The summed E-state index contributed by atoms with van der Waals surface area (Å²) in [6.45, 7) is 7.31. The average molecular weight is 261 g/mol. The van der Waals surface area contributed by atoms with Crippen LogP contribution in [-0.2, 0) is 9.53 Å². The van der Waals surface area contributed by atoms with Crippen LogP contribution in [0.4, 0.5) is 5.69 Å². The van der Waals surface area contributed by atoms with Gasteiger partial charge in [-0.15, -0.1) is 0 Å². The number of phenolic OH excluding ortho intramolecular Hbond substituents is 1. The second-order valence-electron chi connectivity index (χ2n) is 5.70. The average Bonchev–Trinajstić information content (AvgIpc) is 2.44. The molecule has 102 valence electrons. The molecule has 2 rings (SSSR count). The number of Topliss-reactive ketones (excluding diaryl/α,β-unsaturated/α-hetero) is 1. The van der Waals surface area contributed by atoms with E-state index in [0.29, 0.717) is 5.57 Å². The van der Waals surface area contributed by atoms with Gasteiger partial charge in [-0.1, -0.05) is 0 Å². The van der Waals surface area contributed by atoms with E-state index in [0.717, 1.165) is 5.69 Å². The number of ether oxygens (including phenoxy) is 1. The van der Waals surface area contributed by atoms with E-state index in [1.165, 1.54) is 0 Å². The molecule has 2 N–H and O–H groups in total. The first-order chi connectivity index (χ1) is 8.72. The lowest BCUT2D eigenvalue weighted by molar-refractivity contribution is -0.132. The Morgan fingerprint density at radius 2 is 1.68 bits per heavy atom. The number of nitrogens with one attached hydrogen (secondary N) is 1. The molecule has 0 unspecified atom stereocenters. The summed E-state index contributed by atoms with van der Waals surface area (Å²) in [6.07, 6.45) is 1.68. The predicted octanol–water partition coefficient (Wildman–Crippen LogP) is 2.84. The van der Waals surface area contributed by atoms with Gasteiger partial charge in [0.05, 0.1) is 5.60 Å². The summed E-state index contributed by atoms with van der Waals surface area (Å²) in [6, 6.07) is 6.65. The van der Waals surface area contributed by atoms with Crippen molar-refractivity contribution in [3.63, 3.8) is 0 Å². The summed E-state index contributed by atoms with van der Waals surface area (Å²) in [5.74, 6) is 0.198. The first-order valence-corrected chi connectivity index (χ1v) is 6.23. The monoisotopic (exact) mass is 261 g/mol. The maximum atomic E-state index is 12.2. The van der Waals surface area contributed by atoms with Gasteiger partial charge in [0.15, 0.2) is 5.78 Å². The van der Waals surface area contributed by atoms with E-state index in [9.17, 15) is 9.90 Å². The number of hydrogen-bond donors (Lipinski definition) is 2. The van der Waals surface area contributed by atoms with Gasteiger partial charge in [0, 0.05) is 17.5 Å². The fourth-order valence-corrected chi connectivity index (χ4v) is 2.29. The number of hydrogen-bond acceptors (Lipinski definition) is 4. The molecule has 4 nitrogen and oxygen atoms in total. The van der Waals surface area contributed by atoms with Crippen LogP contribution in [0.2, 0.25) is 0 Å². The van der Waals surface area contributed by atoms with Crippen molar-refractivity contribution >= 4 is 11.5 Å². The molecule has 1 saturated heterocycles. The van der Waals surface area contributed by atoms with E-state index in [2.05, 4.69) is 5.32 Å². The SMILES string of the molecule is CC1(C)OC(C)(C)/C(=C/Nc2ccc(O)cc2)C1=O. The normalized spacial score (nSPS) is 22.7. The van der Waals surface area contributed by atoms with Gasteiger partial charge in [0.25, 0.3) is 0 Å². The Labute approximate surface area is 113 Å². The van der Waals surface area contributed by atoms with Crippen LogP contribution in [-0.4, -0.2) is 22.1 Å². The molecule has 0 aromatic heterocycles. The molecule has 4 heteroatoms. The van der Waals surface area contributed by atoms with Crippen LogP contribution in [0.15, 0.2) is 36.0 Å². The summed E-state index contributed by atoms with van der Waals surface area (Å²) in [5, 5.41) is 12.3. The number of benzene rings is 1. The van der Waals surface area contributed by atoms with E-state index in [-0.39, 0.29) is 11.5 Å². The minimum atomic E-state index is -0.786. The maximum absolute atomic E-state index is 12.2. The number of carbonyl (C=O) groups excluding carboxylic acids is 1. The number of anilines is 1. The number of phenols is 1. The number of ketones is 1. The van der Waals surface area contributed by atoms with Crippen molar-refractivity contribution < 1.29 is 14.6 Å². The number of carbonyl (C=O) groups is 1.